The number of hydrogen-bond donors (Lipinski definition) is 1. The normalized spacial score (nSPS) is 11.6. The van der Waals surface area contributed by atoms with Gasteiger partial charge in [-0.15, -0.1) is 0 Å². The molecule has 2 rings (SSSR count). The first kappa shape index (κ1) is 12.4. The summed E-state index contributed by atoms with van der Waals surface area (Å²) in [5, 5.41) is 9.24. The minimum absolute atomic E-state index is 0.317. The van der Waals surface area contributed by atoms with Crippen LogP contribution in [0, 0.1) is 0 Å². The zero-order valence-corrected chi connectivity index (χ0v) is 10.9. The average Bonchev–Trinajstić information content (AvgIpc) is 2.41. The van der Waals surface area contributed by atoms with Crippen molar-refractivity contribution in [1.29, 1.82) is 0 Å². The molecular weight excluding hydrogens is 220 g/mol. The van der Waals surface area contributed by atoms with Crippen LogP contribution >= 0.6 is 0 Å². The maximum absolute atomic E-state index is 9.24. The van der Waals surface area contributed by atoms with Crippen LogP contribution in [-0.2, 0) is 6.42 Å². The van der Waals surface area contributed by atoms with Crippen LogP contribution in [-0.4, -0.2) is 5.11 Å². The summed E-state index contributed by atoms with van der Waals surface area (Å²) in [7, 11) is 0. The quantitative estimate of drug-likeness (QED) is 0.840. The molecule has 0 aliphatic carbocycles. The third-order valence-electron chi connectivity index (χ3n) is 3.19. The first-order valence-corrected chi connectivity index (χ1v) is 6.19. The van der Waals surface area contributed by atoms with Gasteiger partial charge in [0.15, 0.2) is 0 Å². The predicted octanol–water partition coefficient (Wildman–Crippen LogP) is 4.41. The van der Waals surface area contributed by atoms with Crippen LogP contribution in [0.5, 0.6) is 5.75 Å². The lowest BCUT2D eigenvalue weighted by Crippen LogP contribution is -1.88. The highest BCUT2D eigenvalue weighted by Crippen LogP contribution is 2.17. The molecule has 0 radical (unpaired) electrons. The molecular formula is C17H18O. The van der Waals surface area contributed by atoms with E-state index in [1.54, 1.807) is 12.1 Å². The van der Waals surface area contributed by atoms with Gasteiger partial charge in [-0.2, -0.15) is 0 Å². The molecule has 0 heterocycles. The molecule has 2 aromatic carbocycles. The van der Waals surface area contributed by atoms with Gasteiger partial charge in [-0.3, -0.25) is 0 Å². The molecule has 0 saturated heterocycles. The zero-order valence-electron chi connectivity index (χ0n) is 10.9. The number of benzene rings is 2. The topological polar surface area (TPSA) is 20.2 Å². The first-order valence-electron chi connectivity index (χ1n) is 6.19. The summed E-state index contributed by atoms with van der Waals surface area (Å²) in [6, 6.07) is 16.0. The Hall–Kier alpha value is -2.02. The molecule has 0 amide bonds. The van der Waals surface area contributed by atoms with Crippen molar-refractivity contribution in [2.75, 3.05) is 0 Å². The van der Waals surface area contributed by atoms with Crippen molar-refractivity contribution in [2.45, 2.75) is 20.3 Å². The fraction of sp³-hybridized carbons (Fsp3) is 0.176. The van der Waals surface area contributed by atoms with Gasteiger partial charge in [-0.1, -0.05) is 42.5 Å². The Morgan fingerprint density at radius 2 is 1.44 bits per heavy atom. The van der Waals surface area contributed by atoms with E-state index in [-0.39, 0.29) is 0 Å². The fourth-order valence-corrected chi connectivity index (χ4v) is 1.90. The highest BCUT2D eigenvalue weighted by atomic mass is 16.3. The summed E-state index contributed by atoms with van der Waals surface area (Å²) >= 11 is 0. The van der Waals surface area contributed by atoms with E-state index in [9.17, 15) is 5.11 Å². The van der Waals surface area contributed by atoms with Crippen LogP contribution in [0.1, 0.15) is 30.5 Å². The molecule has 0 saturated carbocycles. The smallest absolute Gasteiger partial charge is 0.115 e. The second-order valence-electron chi connectivity index (χ2n) is 4.51. The number of rotatable bonds is 3. The number of hydrogen-bond acceptors (Lipinski definition) is 1. The Bertz CT molecular complexity index is 533. The van der Waals surface area contributed by atoms with Gasteiger partial charge in [0.25, 0.3) is 0 Å². The highest BCUT2D eigenvalue weighted by Gasteiger charge is 1.98. The molecule has 0 spiro atoms. The van der Waals surface area contributed by atoms with Gasteiger partial charge in [-0.25, -0.2) is 0 Å². The monoisotopic (exact) mass is 238 g/mol. The van der Waals surface area contributed by atoms with Crippen LogP contribution in [0.2, 0.25) is 0 Å². The van der Waals surface area contributed by atoms with Crippen LogP contribution in [0.15, 0.2) is 54.6 Å². The lowest BCUT2D eigenvalue weighted by atomic mass is 10.0. The molecule has 0 bridgehead atoms. The third-order valence-corrected chi connectivity index (χ3v) is 3.19. The van der Waals surface area contributed by atoms with Gasteiger partial charge < -0.3 is 5.11 Å². The van der Waals surface area contributed by atoms with Crippen molar-refractivity contribution < 1.29 is 5.11 Å². The summed E-state index contributed by atoms with van der Waals surface area (Å²) in [6.45, 7) is 4.18. The SMILES string of the molecule is CC=C(C)c1ccc(Cc2ccc(O)cc2)cc1. The second-order valence-corrected chi connectivity index (χ2v) is 4.51. The van der Waals surface area contributed by atoms with E-state index < -0.39 is 0 Å². The molecule has 0 aromatic heterocycles. The van der Waals surface area contributed by atoms with Crippen LogP contribution in [0.3, 0.4) is 0 Å². The van der Waals surface area contributed by atoms with Crippen LogP contribution in [0.4, 0.5) is 0 Å². The predicted molar refractivity (Wildman–Crippen MR) is 76.7 cm³/mol. The molecule has 0 fully saturated rings. The van der Waals surface area contributed by atoms with E-state index in [2.05, 4.69) is 44.2 Å². The minimum atomic E-state index is 0.317. The largest absolute Gasteiger partial charge is 0.508 e. The van der Waals surface area contributed by atoms with Crippen molar-refractivity contribution in [2.24, 2.45) is 0 Å². The van der Waals surface area contributed by atoms with Gasteiger partial charge in [0.2, 0.25) is 0 Å². The van der Waals surface area contributed by atoms with Crippen molar-refractivity contribution >= 4 is 5.57 Å². The number of aromatic hydroxyl groups is 1. The average molecular weight is 238 g/mol. The van der Waals surface area contributed by atoms with E-state index in [4.69, 9.17) is 0 Å². The summed E-state index contributed by atoms with van der Waals surface area (Å²) in [5.74, 6) is 0.317. The van der Waals surface area contributed by atoms with Gasteiger partial charge >= 0.3 is 0 Å². The molecule has 0 unspecified atom stereocenters. The molecule has 0 aliphatic heterocycles. The van der Waals surface area contributed by atoms with Crippen molar-refractivity contribution in [1.82, 2.24) is 0 Å². The third kappa shape index (κ3) is 3.01. The summed E-state index contributed by atoms with van der Waals surface area (Å²) < 4.78 is 0. The molecule has 0 aliphatic rings. The Kier molecular flexibility index (Phi) is 3.83. The molecule has 18 heavy (non-hydrogen) atoms. The Balaban J connectivity index is 2.13. The maximum atomic E-state index is 9.24. The number of allylic oxidation sites excluding steroid dienone is 2. The zero-order chi connectivity index (χ0) is 13.0. The van der Waals surface area contributed by atoms with Crippen molar-refractivity contribution in [3.63, 3.8) is 0 Å². The van der Waals surface area contributed by atoms with E-state index in [1.807, 2.05) is 12.1 Å². The van der Waals surface area contributed by atoms with Gasteiger partial charge in [0.1, 0.15) is 5.75 Å². The van der Waals surface area contributed by atoms with E-state index in [1.165, 1.54) is 22.3 Å². The van der Waals surface area contributed by atoms with Crippen LogP contribution < -0.4 is 0 Å². The van der Waals surface area contributed by atoms with E-state index in [0.29, 0.717) is 5.75 Å². The molecule has 1 N–H and O–H groups in total. The van der Waals surface area contributed by atoms with Crippen molar-refractivity contribution in [3.05, 3.63) is 71.3 Å². The molecule has 2 aromatic rings. The minimum Gasteiger partial charge on any atom is -0.508 e. The van der Waals surface area contributed by atoms with E-state index in [0.717, 1.165) is 6.42 Å². The molecule has 92 valence electrons. The first-order chi connectivity index (χ1) is 8.69. The Labute approximate surface area is 108 Å². The summed E-state index contributed by atoms with van der Waals surface area (Å²) in [6.07, 6.45) is 3.02. The lowest BCUT2D eigenvalue weighted by Gasteiger charge is -2.05. The summed E-state index contributed by atoms with van der Waals surface area (Å²) in [4.78, 5) is 0. The molecule has 0 atom stereocenters. The number of phenolic OH excluding ortho intramolecular Hbond substituents is 1. The standard InChI is InChI=1S/C17H18O/c1-3-13(2)16-8-4-14(5-9-16)12-15-6-10-17(18)11-7-15/h3-11,18H,12H2,1-2H3. The van der Waals surface area contributed by atoms with Crippen LogP contribution in [0.25, 0.3) is 5.57 Å². The Morgan fingerprint density at radius 3 is 1.94 bits per heavy atom. The van der Waals surface area contributed by atoms with Gasteiger partial charge in [-0.05, 0) is 54.7 Å². The van der Waals surface area contributed by atoms with Gasteiger partial charge in [0.05, 0.1) is 0 Å². The van der Waals surface area contributed by atoms with E-state index >= 15 is 0 Å². The molecule has 1 nitrogen and oxygen atoms in total. The Morgan fingerprint density at radius 1 is 0.944 bits per heavy atom. The maximum Gasteiger partial charge on any atom is 0.115 e. The number of phenols is 1. The van der Waals surface area contributed by atoms with Crippen molar-refractivity contribution in [3.8, 4) is 5.75 Å². The lowest BCUT2D eigenvalue weighted by molar-refractivity contribution is 0.475. The highest BCUT2D eigenvalue weighted by molar-refractivity contribution is 5.63. The summed E-state index contributed by atoms with van der Waals surface area (Å²) in [5.41, 5.74) is 5.06. The van der Waals surface area contributed by atoms with Gasteiger partial charge in [0, 0.05) is 0 Å². The molecule has 1 heteroatoms. The second kappa shape index (κ2) is 5.54. The fourth-order valence-electron chi connectivity index (χ4n) is 1.90.